The van der Waals surface area contributed by atoms with Crippen molar-refractivity contribution >= 4 is 34.9 Å². The van der Waals surface area contributed by atoms with Gasteiger partial charge in [-0.1, -0.05) is 29.8 Å². The third-order valence-corrected chi connectivity index (χ3v) is 3.02. The van der Waals surface area contributed by atoms with Crippen LogP contribution in [0.4, 0.5) is 5.82 Å². The Labute approximate surface area is 138 Å². The summed E-state index contributed by atoms with van der Waals surface area (Å²) in [5.41, 5.74) is 3.38. The molecule has 0 aliphatic rings. The zero-order chi connectivity index (χ0) is 16.7. The highest BCUT2D eigenvalue weighted by Crippen LogP contribution is 2.09. The molecule has 0 fully saturated rings. The number of amides is 2. The molecule has 0 bridgehead atoms. The van der Waals surface area contributed by atoms with Crippen LogP contribution in [0.1, 0.15) is 23.7 Å². The number of nitrogens with one attached hydrogen (secondary N) is 2. The minimum atomic E-state index is -0.329. The maximum Gasteiger partial charge on any atom is 0.271 e. The van der Waals surface area contributed by atoms with Crippen molar-refractivity contribution in [2.75, 3.05) is 5.32 Å². The molecule has 2 amide bonds. The first kappa shape index (κ1) is 16.6. The summed E-state index contributed by atoms with van der Waals surface area (Å²) >= 11 is 5.72. The van der Waals surface area contributed by atoms with Crippen LogP contribution in [-0.2, 0) is 4.79 Å². The predicted octanol–water partition coefficient (Wildman–Crippen LogP) is 2.87. The topological polar surface area (TPSA) is 83.4 Å². The van der Waals surface area contributed by atoms with E-state index in [2.05, 4.69) is 20.8 Å². The molecule has 0 radical (unpaired) electrons. The normalized spacial score (nSPS) is 11.0. The van der Waals surface area contributed by atoms with Gasteiger partial charge in [-0.3, -0.25) is 9.59 Å². The summed E-state index contributed by atoms with van der Waals surface area (Å²) in [4.78, 5) is 27.6. The molecule has 0 saturated heterocycles. The van der Waals surface area contributed by atoms with Gasteiger partial charge in [-0.15, -0.1) is 0 Å². The summed E-state index contributed by atoms with van der Waals surface area (Å²) in [7, 11) is 0. The van der Waals surface area contributed by atoms with E-state index in [-0.39, 0.29) is 18.2 Å². The van der Waals surface area contributed by atoms with E-state index in [1.807, 2.05) is 6.07 Å². The Hall–Kier alpha value is -2.73. The number of hydrazone groups is 1. The van der Waals surface area contributed by atoms with Gasteiger partial charge < -0.3 is 5.32 Å². The third-order valence-electron chi connectivity index (χ3n) is 2.80. The molecule has 0 spiro atoms. The van der Waals surface area contributed by atoms with E-state index in [0.717, 1.165) is 0 Å². The Kier molecular flexibility index (Phi) is 5.82. The fraction of sp³-hybridized carbons (Fsp3) is 0.125. The van der Waals surface area contributed by atoms with E-state index in [1.165, 1.54) is 6.20 Å². The largest absolute Gasteiger partial charge is 0.310 e. The summed E-state index contributed by atoms with van der Waals surface area (Å²) in [5, 5.41) is 7.02. The Morgan fingerprint density at radius 2 is 1.91 bits per heavy atom. The van der Waals surface area contributed by atoms with E-state index in [0.29, 0.717) is 22.1 Å². The zero-order valence-electron chi connectivity index (χ0n) is 12.4. The van der Waals surface area contributed by atoms with E-state index in [1.54, 1.807) is 43.3 Å². The lowest BCUT2D eigenvalue weighted by molar-refractivity contribution is -0.115. The molecular formula is C16H15ClN4O2. The number of hydrogen-bond acceptors (Lipinski definition) is 4. The van der Waals surface area contributed by atoms with Crippen molar-refractivity contribution in [2.24, 2.45) is 5.10 Å². The minimum absolute atomic E-state index is 0.0410. The number of pyridine rings is 1. The molecule has 2 aromatic rings. The lowest BCUT2D eigenvalue weighted by atomic mass is 10.2. The second kappa shape index (κ2) is 8.05. The van der Waals surface area contributed by atoms with Gasteiger partial charge in [0.2, 0.25) is 5.91 Å². The van der Waals surface area contributed by atoms with Gasteiger partial charge in [-0.25, -0.2) is 10.4 Å². The maximum absolute atomic E-state index is 11.8. The minimum Gasteiger partial charge on any atom is -0.310 e. The molecule has 1 aromatic heterocycles. The van der Waals surface area contributed by atoms with Crippen LogP contribution >= 0.6 is 11.6 Å². The molecule has 6 nitrogen and oxygen atoms in total. The number of benzene rings is 1. The highest BCUT2D eigenvalue weighted by molar-refractivity contribution is 6.30. The van der Waals surface area contributed by atoms with Crippen molar-refractivity contribution in [3.05, 3.63) is 59.2 Å². The highest BCUT2D eigenvalue weighted by Gasteiger charge is 2.07. The number of anilines is 1. The first-order chi connectivity index (χ1) is 11.0. The Bertz CT molecular complexity index is 715. The highest BCUT2D eigenvalue weighted by atomic mass is 35.5. The fourth-order valence-electron chi connectivity index (χ4n) is 1.71. The van der Waals surface area contributed by atoms with E-state index in [4.69, 9.17) is 11.6 Å². The summed E-state index contributed by atoms with van der Waals surface area (Å²) in [5.74, 6) is -0.208. The van der Waals surface area contributed by atoms with Gasteiger partial charge in [-0.2, -0.15) is 5.10 Å². The van der Waals surface area contributed by atoms with Crippen LogP contribution in [-0.4, -0.2) is 22.5 Å². The molecule has 0 atom stereocenters. The van der Waals surface area contributed by atoms with Crippen molar-refractivity contribution in [1.29, 1.82) is 0 Å². The number of halogens is 1. The average molecular weight is 331 g/mol. The molecule has 0 unspecified atom stereocenters. The fourth-order valence-corrected chi connectivity index (χ4v) is 1.82. The number of carbonyl (C=O) groups excluding carboxylic acids is 2. The lowest BCUT2D eigenvalue weighted by Crippen LogP contribution is -2.21. The van der Waals surface area contributed by atoms with Gasteiger partial charge in [0.15, 0.2) is 0 Å². The van der Waals surface area contributed by atoms with Crippen LogP contribution in [0.25, 0.3) is 0 Å². The molecule has 118 valence electrons. The summed E-state index contributed by atoms with van der Waals surface area (Å²) in [6.45, 7) is 1.65. The lowest BCUT2D eigenvalue weighted by Gasteiger charge is -2.05. The van der Waals surface area contributed by atoms with Crippen LogP contribution in [0.2, 0.25) is 5.02 Å². The van der Waals surface area contributed by atoms with Gasteiger partial charge in [-0.05, 0) is 31.2 Å². The Morgan fingerprint density at radius 1 is 1.17 bits per heavy atom. The standard InChI is InChI=1S/C16H15ClN4O2/c1-11(20-21-16(23)12-5-3-2-4-6-12)9-15(22)19-14-8-7-13(17)10-18-14/h2-8,10H,9H2,1H3,(H,21,23)(H,18,19,22)/b20-11+. The molecule has 2 rings (SSSR count). The predicted molar refractivity (Wildman–Crippen MR) is 89.5 cm³/mol. The first-order valence-electron chi connectivity index (χ1n) is 6.84. The Morgan fingerprint density at radius 3 is 2.57 bits per heavy atom. The van der Waals surface area contributed by atoms with Crippen molar-refractivity contribution in [2.45, 2.75) is 13.3 Å². The number of rotatable bonds is 5. The molecule has 2 N–H and O–H groups in total. The third kappa shape index (κ3) is 5.52. The van der Waals surface area contributed by atoms with E-state index >= 15 is 0 Å². The summed E-state index contributed by atoms with van der Waals surface area (Å²) in [6, 6.07) is 11.9. The van der Waals surface area contributed by atoms with E-state index in [9.17, 15) is 9.59 Å². The molecular weight excluding hydrogens is 316 g/mol. The molecule has 23 heavy (non-hydrogen) atoms. The average Bonchev–Trinajstić information content (AvgIpc) is 2.55. The molecule has 7 heteroatoms. The quantitative estimate of drug-likeness (QED) is 0.653. The van der Waals surface area contributed by atoms with Crippen LogP contribution < -0.4 is 10.7 Å². The number of nitrogens with zero attached hydrogens (tertiary/aromatic N) is 2. The van der Waals surface area contributed by atoms with Gasteiger partial charge in [0, 0.05) is 17.5 Å². The Balaban J connectivity index is 1.85. The van der Waals surface area contributed by atoms with Gasteiger partial charge in [0.1, 0.15) is 5.82 Å². The number of carbonyl (C=O) groups is 2. The molecule has 1 aromatic carbocycles. The molecule has 0 aliphatic carbocycles. The van der Waals surface area contributed by atoms with Crippen LogP contribution in [0.5, 0.6) is 0 Å². The van der Waals surface area contributed by atoms with E-state index < -0.39 is 0 Å². The van der Waals surface area contributed by atoms with Crippen molar-refractivity contribution in [3.63, 3.8) is 0 Å². The van der Waals surface area contributed by atoms with Crippen molar-refractivity contribution in [3.8, 4) is 0 Å². The van der Waals surface area contributed by atoms with Crippen LogP contribution in [0.3, 0.4) is 0 Å². The molecule has 0 aliphatic heterocycles. The molecule has 1 heterocycles. The summed E-state index contributed by atoms with van der Waals surface area (Å²) in [6.07, 6.45) is 1.48. The SMILES string of the molecule is C/C(CC(=O)Nc1ccc(Cl)cn1)=N\NC(=O)c1ccccc1. The number of hydrogen-bond donors (Lipinski definition) is 2. The van der Waals surface area contributed by atoms with Crippen molar-refractivity contribution in [1.82, 2.24) is 10.4 Å². The number of aromatic nitrogens is 1. The van der Waals surface area contributed by atoms with Crippen LogP contribution in [0.15, 0.2) is 53.8 Å². The van der Waals surface area contributed by atoms with Gasteiger partial charge in [0.25, 0.3) is 5.91 Å². The monoisotopic (exact) mass is 330 g/mol. The van der Waals surface area contributed by atoms with Gasteiger partial charge in [0.05, 0.1) is 11.4 Å². The van der Waals surface area contributed by atoms with Crippen molar-refractivity contribution < 1.29 is 9.59 Å². The smallest absolute Gasteiger partial charge is 0.271 e. The van der Waals surface area contributed by atoms with Gasteiger partial charge >= 0.3 is 0 Å². The summed E-state index contributed by atoms with van der Waals surface area (Å²) < 4.78 is 0. The second-order valence-electron chi connectivity index (χ2n) is 4.74. The molecule has 0 saturated carbocycles. The first-order valence-corrected chi connectivity index (χ1v) is 7.22. The van der Waals surface area contributed by atoms with Crippen LogP contribution in [0, 0.1) is 0 Å². The second-order valence-corrected chi connectivity index (χ2v) is 5.18. The zero-order valence-corrected chi connectivity index (χ0v) is 13.2. The maximum atomic E-state index is 11.8.